The van der Waals surface area contributed by atoms with Crippen LogP contribution in [-0.4, -0.2) is 32.5 Å². The predicted octanol–water partition coefficient (Wildman–Crippen LogP) is 4.67. The molecule has 0 aliphatic heterocycles. The first-order chi connectivity index (χ1) is 14.9. The molecular formula is C21H20F5NO4S. The van der Waals surface area contributed by atoms with Crippen molar-refractivity contribution < 1.29 is 39.9 Å². The van der Waals surface area contributed by atoms with Crippen molar-refractivity contribution in [3.05, 3.63) is 59.4 Å². The molecule has 0 unspecified atom stereocenters. The molecule has 0 heterocycles. The molecule has 1 amide bonds. The summed E-state index contributed by atoms with van der Waals surface area (Å²) in [6.45, 7) is 0. The lowest BCUT2D eigenvalue weighted by molar-refractivity contribution is -0.137. The Kier molecular flexibility index (Phi) is 6.50. The van der Waals surface area contributed by atoms with Gasteiger partial charge in [0.2, 0.25) is 14.8 Å². The zero-order chi connectivity index (χ0) is 23.7. The molecule has 0 atom stereocenters. The van der Waals surface area contributed by atoms with Crippen LogP contribution in [0.5, 0.6) is 5.75 Å². The Morgan fingerprint density at radius 1 is 1.12 bits per heavy atom. The van der Waals surface area contributed by atoms with Crippen molar-refractivity contribution in [3.8, 4) is 5.75 Å². The smallest absolute Gasteiger partial charge is 0.416 e. The van der Waals surface area contributed by atoms with Crippen LogP contribution in [0.4, 0.5) is 22.0 Å². The highest BCUT2D eigenvalue weighted by Gasteiger charge is 2.48. The Hall–Kier alpha value is -2.69. The van der Waals surface area contributed by atoms with Crippen molar-refractivity contribution in [1.29, 1.82) is 0 Å². The van der Waals surface area contributed by atoms with Gasteiger partial charge in [-0.1, -0.05) is 6.07 Å². The number of ether oxygens (including phenoxy) is 1. The number of benzene rings is 2. The summed E-state index contributed by atoms with van der Waals surface area (Å²) in [7, 11) is -3.40. The maximum absolute atomic E-state index is 15.4. The molecule has 2 aromatic rings. The van der Waals surface area contributed by atoms with Crippen molar-refractivity contribution in [3.63, 3.8) is 0 Å². The Bertz CT molecular complexity index is 1110. The fraction of sp³-hybridized carbons (Fsp3) is 0.381. The predicted molar refractivity (Wildman–Crippen MR) is 105 cm³/mol. The van der Waals surface area contributed by atoms with Crippen LogP contribution in [0.3, 0.4) is 0 Å². The van der Waals surface area contributed by atoms with Gasteiger partial charge in [0.15, 0.2) is 0 Å². The van der Waals surface area contributed by atoms with E-state index < -0.39 is 62.1 Å². The first-order valence-electron chi connectivity index (χ1n) is 9.62. The zero-order valence-electron chi connectivity index (χ0n) is 16.9. The second-order valence-electron chi connectivity index (χ2n) is 7.54. The Balaban J connectivity index is 1.71. The number of rotatable bonds is 5. The van der Waals surface area contributed by atoms with E-state index in [1.807, 2.05) is 0 Å². The van der Waals surface area contributed by atoms with E-state index in [2.05, 4.69) is 5.32 Å². The molecule has 1 saturated carbocycles. The molecule has 1 aliphatic carbocycles. The minimum atomic E-state index is -4.77. The van der Waals surface area contributed by atoms with E-state index in [1.165, 1.54) is 13.2 Å². The molecule has 0 aromatic heterocycles. The number of carbonyl (C=O) groups excluding carboxylic acids is 1. The van der Waals surface area contributed by atoms with Gasteiger partial charge in [-0.05, 0) is 56.0 Å². The van der Waals surface area contributed by atoms with Crippen LogP contribution in [0.1, 0.15) is 41.6 Å². The molecule has 1 aliphatic rings. The summed E-state index contributed by atoms with van der Waals surface area (Å²) in [5.74, 6) is -1.19. The third kappa shape index (κ3) is 4.87. The topological polar surface area (TPSA) is 72.5 Å². The summed E-state index contributed by atoms with van der Waals surface area (Å²) in [6, 6.07) is 5.79. The number of methoxy groups -OCH3 is 1. The first-order valence-corrected chi connectivity index (χ1v) is 11.1. The van der Waals surface area contributed by atoms with Crippen molar-refractivity contribution in [2.45, 2.75) is 47.8 Å². The van der Waals surface area contributed by atoms with E-state index in [4.69, 9.17) is 4.74 Å². The average Bonchev–Trinajstić information content (AvgIpc) is 2.74. The quantitative estimate of drug-likeness (QED) is 0.636. The normalized spacial score (nSPS) is 21.8. The van der Waals surface area contributed by atoms with Crippen LogP contribution in [0.2, 0.25) is 0 Å². The molecule has 1 fully saturated rings. The SMILES string of the molecule is COc1cc(F)cc(C(=O)N[C@H]2CC[C@@](F)(S(=O)(=O)c3cccc(C(F)(F)F)c3)CC2)c1. The Morgan fingerprint density at radius 3 is 2.38 bits per heavy atom. The number of alkyl halides is 4. The van der Waals surface area contributed by atoms with Crippen LogP contribution in [0.25, 0.3) is 0 Å². The maximum Gasteiger partial charge on any atom is 0.416 e. The second-order valence-corrected chi connectivity index (χ2v) is 9.75. The van der Waals surface area contributed by atoms with Gasteiger partial charge in [-0.2, -0.15) is 13.2 Å². The number of amides is 1. The standard InChI is InChI=1S/C21H20F5NO4S/c1-31-17-10-13(9-15(22)12-17)19(28)27-16-5-7-20(23,8-6-16)32(29,30)18-4-2-3-14(11-18)21(24,25)26/h2-4,9-12,16H,5-8H2,1H3,(H,27,28)/t16-,20+. The van der Waals surface area contributed by atoms with Crippen LogP contribution < -0.4 is 10.1 Å². The van der Waals surface area contributed by atoms with E-state index >= 15 is 4.39 Å². The third-order valence-electron chi connectivity index (χ3n) is 5.39. The van der Waals surface area contributed by atoms with Gasteiger partial charge >= 0.3 is 6.18 Å². The van der Waals surface area contributed by atoms with Gasteiger partial charge in [-0.15, -0.1) is 0 Å². The van der Waals surface area contributed by atoms with Gasteiger partial charge in [0, 0.05) is 17.7 Å². The molecule has 11 heteroatoms. The van der Waals surface area contributed by atoms with Gasteiger partial charge in [-0.3, -0.25) is 4.79 Å². The highest BCUT2D eigenvalue weighted by atomic mass is 32.2. The van der Waals surface area contributed by atoms with Gasteiger partial charge in [-0.25, -0.2) is 17.2 Å². The number of carbonyl (C=O) groups is 1. The van der Waals surface area contributed by atoms with E-state index in [0.29, 0.717) is 12.1 Å². The molecule has 0 bridgehead atoms. The summed E-state index contributed by atoms with van der Waals surface area (Å²) in [6.07, 6.45) is -5.91. The van der Waals surface area contributed by atoms with Crippen molar-refractivity contribution in [2.24, 2.45) is 0 Å². The highest BCUT2D eigenvalue weighted by molar-refractivity contribution is 7.92. The number of hydrogen-bond acceptors (Lipinski definition) is 4. The van der Waals surface area contributed by atoms with Gasteiger partial charge in [0.25, 0.3) is 5.91 Å². The van der Waals surface area contributed by atoms with Gasteiger partial charge in [0.1, 0.15) is 11.6 Å². The minimum absolute atomic E-state index is 0.0180. The lowest BCUT2D eigenvalue weighted by Gasteiger charge is -2.34. The van der Waals surface area contributed by atoms with Crippen molar-refractivity contribution in [1.82, 2.24) is 5.32 Å². The maximum atomic E-state index is 15.4. The minimum Gasteiger partial charge on any atom is -0.497 e. The number of halogens is 5. The molecule has 0 spiro atoms. The lowest BCUT2D eigenvalue weighted by Crippen LogP contribution is -2.45. The van der Waals surface area contributed by atoms with Crippen LogP contribution in [0, 0.1) is 5.82 Å². The monoisotopic (exact) mass is 477 g/mol. The summed E-state index contributed by atoms with van der Waals surface area (Å²) >= 11 is 0. The number of nitrogens with one attached hydrogen (secondary N) is 1. The lowest BCUT2D eigenvalue weighted by atomic mass is 9.93. The van der Waals surface area contributed by atoms with E-state index in [1.54, 1.807) is 0 Å². The molecule has 1 N–H and O–H groups in total. The first kappa shape index (κ1) is 24.0. The molecule has 174 valence electrons. The van der Waals surface area contributed by atoms with E-state index in [0.717, 1.165) is 24.3 Å². The van der Waals surface area contributed by atoms with Crippen LogP contribution in [0.15, 0.2) is 47.4 Å². The molecule has 5 nitrogen and oxygen atoms in total. The summed E-state index contributed by atoms with van der Waals surface area (Å²) in [5.41, 5.74) is -1.20. The van der Waals surface area contributed by atoms with Crippen molar-refractivity contribution in [2.75, 3.05) is 7.11 Å². The fourth-order valence-corrected chi connectivity index (χ4v) is 5.33. The third-order valence-corrected chi connectivity index (χ3v) is 7.64. The molecule has 32 heavy (non-hydrogen) atoms. The Labute approximate surface area is 181 Å². The van der Waals surface area contributed by atoms with Crippen molar-refractivity contribution >= 4 is 15.7 Å². The molecule has 0 saturated heterocycles. The number of hydrogen-bond donors (Lipinski definition) is 1. The van der Waals surface area contributed by atoms with Crippen LogP contribution in [-0.2, 0) is 16.0 Å². The summed E-state index contributed by atoms with van der Waals surface area (Å²) in [5, 5.41) is -0.163. The van der Waals surface area contributed by atoms with E-state index in [-0.39, 0.29) is 24.2 Å². The fourth-order valence-electron chi connectivity index (χ4n) is 3.59. The molecule has 0 radical (unpaired) electrons. The average molecular weight is 477 g/mol. The Morgan fingerprint density at radius 2 is 1.78 bits per heavy atom. The highest BCUT2D eigenvalue weighted by Crippen LogP contribution is 2.41. The number of sulfone groups is 1. The molecule has 3 rings (SSSR count). The van der Waals surface area contributed by atoms with Gasteiger partial charge < -0.3 is 10.1 Å². The largest absolute Gasteiger partial charge is 0.497 e. The van der Waals surface area contributed by atoms with Crippen LogP contribution >= 0.6 is 0 Å². The summed E-state index contributed by atoms with van der Waals surface area (Å²) < 4.78 is 98.2. The second kappa shape index (κ2) is 8.68. The molecular weight excluding hydrogens is 457 g/mol. The zero-order valence-corrected chi connectivity index (χ0v) is 17.7. The summed E-state index contributed by atoms with van der Waals surface area (Å²) in [4.78, 5) is 11.6. The van der Waals surface area contributed by atoms with E-state index in [9.17, 15) is 30.8 Å². The van der Waals surface area contributed by atoms with Gasteiger partial charge in [0.05, 0.1) is 17.6 Å². The molecule has 2 aromatic carbocycles.